The van der Waals surface area contributed by atoms with Crippen LogP contribution in [-0.4, -0.2) is 27.8 Å². The third-order valence-electron chi connectivity index (χ3n) is 4.49. The molecule has 28 heavy (non-hydrogen) atoms. The molecule has 0 radical (unpaired) electrons. The summed E-state index contributed by atoms with van der Waals surface area (Å²) in [4.78, 5) is 12.4. The number of hydrogen-bond acceptors (Lipinski definition) is 5. The molecule has 3 rings (SSSR count). The number of ether oxygens (including phenoxy) is 2. The van der Waals surface area contributed by atoms with Gasteiger partial charge in [0.15, 0.2) is 9.84 Å². The lowest BCUT2D eigenvalue weighted by atomic mass is 9.93. The van der Waals surface area contributed by atoms with E-state index >= 15 is 0 Å². The average molecular weight is 402 g/mol. The van der Waals surface area contributed by atoms with Crippen LogP contribution in [0.15, 0.2) is 53.1 Å². The number of sulfone groups is 1. The molecule has 2 aromatic rings. The van der Waals surface area contributed by atoms with Gasteiger partial charge in [-0.1, -0.05) is 6.07 Å². The summed E-state index contributed by atoms with van der Waals surface area (Å²) in [5.41, 5.74) is 1.96. The number of esters is 1. The molecule has 1 aliphatic heterocycles. The summed E-state index contributed by atoms with van der Waals surface area (Å²) in [6.45, 7) is 3.51. The molecule has 5 nitrogen and oxygen atoms in total. The van der Waals surface area contributed by atoms with Crippen LogP contribution in [0.3, 0.4) is 0 Å². The van der Waals surface area contributed by atoms with Gasteiger partial charge in [-0.05, 0) is 61.4 Å². The van der Waals surface area contributed by atoms with E-state index in [4.69, 9.17) is 9.47 Å². The molecule has 146 valence electrons. The molecule has 0 fully saturated rings. The minimum absolute atomic E-state index is 0.0924. The van der Waals surface area contributed by atoms with Crippen LogP contribution >= 0.6 is 0 Å². The van der Waals surface area contributed by atoms with Crippen molar-refractivity contribution < 1.29 is 27.1 Å². The fourth-order valence-corrected chi connectivity index (χ4v) is 3.76. The topological polar surface area (TPSA) is 69.7 Å². The van der Waals surface area contributed by atoms with Gasteiger partial charge in [0.25, 0.3) is 0 Å². The van der Waals surface area contributed by atoms with Gasteiger partial charge in [0.1, 0.15) is 17.3 Å². The highest BCUT2D eigenvalue weighted by atomic mass is 32.2. The summed E-state index contributed by atoms with van der Waals surface area (Å²) >= 11 is 0. The molecule has 7 heteroatoms. The highest BCUT2D eigenvalue weighted by Gasteiger charge is 2.33. The molecule has 0 amide bonds. The predicted octanol–water partition coefficient (Wildman–Crippen LogP) is 3.92. The van der Waals surface area contributed by atoms with Crippen LogP contribution in [0, 0.1) is 12.7 Å². The number of carbonyl (C=O) groups is 1. The van der Waals surface area contributed by atoms with Crippen molar-refractivity contribution in [2.24, 2.45) is 0 Å². The zero-order valence-electron chi connectivity index (χ0n) is 15.9. The van der Waals surface area contributed by atoms with Crippen molar-refractivity contribution in [1.82, 2.24) is 0 Å². The second-order valence-electron chi connectivity index (χ2n) is 6.39. The van der Waals surface area contributed by atoms with Gasteiger partial charge in [-0.3, -0.25) is 0 Å². The number of allylic oxidation sites excluding steroid dienone is 2. The van der Waals surface area contributed by atoms with Crippen molar-refractivity contribution >= 4 is 27.0 Å². The molecule has 2 aromatic carbocycles. The number of aryl methyl sites for hydroxylation is 1. The summed E-state index contributed by atoms with van der Waals surface area (Å²) in [6, 6.07) is 8.79. The predicted molar refractivity (Wildman–Crippen MR) is 104 cm³/mol. The SMILES string of the molecule is C/C=C1\OC(=O)C(c2ccc(OC)c(C)c2)=C1c1ccc(S(C)(=O)=O)cc1F. The van der Waals surface area contributed by atoms with E-state index in [1.807, 2.05) is 6.92 Å². The van der Waals surface area contributed by atoms with Crippen LogP contribution in [-0.2, 0) is 19.4 Å². The van der Waals surface area contributed by atoms with E-state index in [0.29, 0.717) is 11.3 Å². The van der Waals surface area contributed by atoms with Gasteiger partial charge in [-0.2, -0.15) is 0 Å². The highest BCUT2D eigenvalue weighted by molar-refractivity contribution is 7.90. The van der Waals surface area contributed by atoms with Gasteiger partial charge in [0, 0.05) is 17.4 Å². The number of halogens is 1. The zero-order chi connectivity index (χ0) is 20.6. The molecule has 0 unspecified atom stereocenters. The second kappa shape index (κ2) is 7.24. The Morgan fingerprint density at radius 2 is 1.82 bits per heavy atom. The summed E-state index contributed by atoms with van der Waals surface area (Å²) in [5, 5.41) is 0. The Hall–Kier alpha value is -2.93. The second-order valence-corrected chi connectivity index (χ2v) is 8.41. The molecule has 0 N–H and O–H groups in total. The number of carbonyl (C=O) groups excluding carboxylic acids is 1. The van der Waals surface area contributed by atoms with Crippen LogP contribution in [0.25, 0.3) is 11.1 Å². The van der Waals surface area contributed by atoms with Gasteiger partial charge in [-0.25, -0.2) is 17.6 Å². The van der Waals surface area contributed by atoms with Crippen molar-refractivity contribution in [2.45, 2.75) is 18.7 Å². The molecule has 0 aromatic heterocycles. The van der Waals surface area contributed by atoms with E-state index in [9.17, 15) is 17.6 Å². The largest absolute Gasteiger partial charge is 0.496 e. The Morgan fingerprint density at radius 1 is 1.11 bits per heavy atom. The lowest BCUT2D eigenvalue weighted by Gasteiger charge is -2.10. The number of benzene rings is 2. The smallest absolute Gasteiger partial charge is 0.344 e. The monoisotopic (exact) mass is 402 g/mol. The van der Waals surface area contributed by atoms with Gasteiger partial charge in [-0.15, -0.1) is 0 Å². The maximum Gasteiger partial charge on any atom is 0.344 e. The van der Waals surface area contributed by atoms with Crippen LogP contribution in [0.4, 0.5) is 4.39 Å². The van der Waals surface area contributed by atoms with Crippen LogP contribution in [0.1, 0.15) is 23.6 Å². The van der Waals surface area contributed by atoms with E-state index in [0.717, 1.165) is 17.9 Å². The van der Waals surface area contributed by atoms with Crippen molar-refractivity contribution in [1.29, 1.82) is 0 Å². The van der Waals surface area contributed by atoms with Crippen LogP contribution < -0.4 is 4.74 Å². The first kappa shape index (κ1) is 19.8. The van der Waals surface area contributed by atoms with Gasteiger partial charge in [0.2, 0.25) is 0 Å². The van der Waals surface area contributed by atoms with E-state index in [1.54, 1.807) is 38.3 Å². The minimum atomic E-state index is -3.56. The van der Waals surface area contributed by atoms with Crippen molar-refractivity contribution in [2.75, 3.05) is 13.4 Å². The Balaban J connectivity index is 2.27. The van der Waals surface area contributed by atoms with Crippen LogP contribution in [0.2, 0.25) is 0 Å². The van der Waals surface area contributed by atoms with Crippen molar-refractivity contribution in [3.63, 3.8) is 0 Å². The van der Waals surface area contributed by atoms with Crippen molar-refractivity contribution in [3.05, 3.63) is 70.7 Å². The number of rotatable bonds is 4. The lowest BCUT2D eigenvalue weighted by Crippen LogP contribution is -2.01. The van der Waals surface area contributed by atoms with Gasteiger partial charge >= 0.3 is 5.97 Å². The fraction of sp³-hybridized carbons (Fsp3) is 0.190. The number of hydrogen-bond donors (Lipinski definition) is 0. The summed E-state index contributed by atoms with van der Waals surface area (Å²) in [5.74, 6) is -0.468. The third kappa shape index (κ3) is 3.45. The normalized spacial score (nSPS) is 15.9. The van der Waals surface area contributed by atoms with E-state index in [2.05, 4.69) is 0 Å². The summed E-state index contributed by atoms with van der Waals surface area (Å²) in [6.07, 6.45) is 2.58. The first-order valence-electron chi connectivity index (χ1n) is 8.45. The van der Waals surface area contributed by atoms with Gasteiger partial charge in [0.05, 0.1) is 17.6 Å². The molecule has 0 bridgehead atoms. The van der Waals surface area contributed by atoms with E-state index in [-0.39, 0.29) is 27.4 Å². The first-order chi connectivity index (χ1) is 13.2. The lowest BCUT2D eigenvalue weighted by molar-refractivity contribution is -0.131. The molecular formula is C21H19FO5S. The summed E-state index contributed by atoms with van der Waals surface area (Å²) in [7, 11) is -2.01. The quantitative estimate of drug-likeness (QED) is 0.725. The molecule has 0 saturated carbocycles. The zero-order valence-corrected chi connectivity index (χ0v) is 16.7. The standard InChI is InChI=1S/C21H19FO5S/c1-5-17-20(15-8-7-14(11-16(15)22)28(4,24)25)19(21(23)27-17)13-6-9-18(26-3)12(2)10-13/h5-11H,1-4H3/b17-5-. The third-order valence-corrected chi connectivity index (χ3v) is 5.60. The minimum Gasteiger partial charge on any atom is -0.496 e. The molecular weight excluding hydrogens is 383 g/mol. The Labute approximate surface area is 163 Å². The fourth-order valence-electron chi connectivity index (χ4n) is 3.12. The maximum atomic E-state index is 14.8. The van der Waals surface area contributed by atoms with E-state index in [1.165, 1.54) is 12.1 Å². The molecule has 1 aliphatic rings. The van der Waals surface area contributed by atoms with E-state index < -0.39 is 21.6 Å². The molecule has 0 spiro atoms. The Morgan fingerprint density at radius 3 is 2.36 bits per heavy atom. The van der Waals surface area contributed by atoms with Crippen molar-refractivity contribution in [3.8, 4) is 5.75 Å². The van der Waals surface area contributed by atoms with Crippen LogP contribution in [0.5, 0.6) is 5.75 Å². The highest BCUT2D eigenvalue weighted by Crippen LogP contribution is 2.41. The van der Waals surface area contributed by atoms with Gasteiger partial charge < -0.3 is 9.47 Å². The first-order valence-corrected chi connectivity index (χ1v) is 10.3. The molecule has 0 atom stereocenters. The Kier molecular flexibility index (Phi) is 5.12. The maximum absolute atomic E-state index is 14.8. The summed E-state index contributed by atoms with van der Waals surface area (Å²) < 4.78 is 48.8. The molecule has 0 saturated heterocycles. The number of cyclic esters (lactones) is 1. The molecule has 0 aliphatic carbocycles. The average Bonchev–Trinajstić information content (AvgIpc) is 2.97. The molecule has 1 heterocycles. The Bertz CT molecular complexity index is 1140. The number of methoxy groups -OCH3 is 1.